The molecule has 1 heterocycles. The summed E-state index contributed by atoms with van der Waals surface area (Å²) in [6.07, 6.45) is 1.95. The van der Waals surface area contributed by atoms with Crippen LogP contribution in [-0.2, 0) is 16.1 Å². The van der Waals surface area contributed by atoms with Crippen molar-refractivity contribution < 1.29 is 9.53 Å². The zero-order chi connectivity index (χ0) is 13.3. The summed E-state index contributed by atoms with van der Waals surface area (Å²) in [7, 11) is 0. The van der Waals surface area contributed by atoms with Crippen LogP contribution in [0.1, 0.15) is 31.4 Å². The van der Waals surface area contributed by atoms with Crippen LogP contribution in [-0.4, -0.2) is 32.9 Å². The van der Waals surface area contributed by atoms with Gasteiger partial charge in [0.15, 0.2) is 0 Å². The molecule has 0 aromatic carbocycles. The van der Waals surface area contributed by atoms with Gasteiger partial charge in [0.2, 0.25) is 0 Å². The summed E-state index contributed by atoms with van der Waals surface area (Å²) in [4.78, 5) is 16.3. The summed E-state index contributed by atoms with van der Waals surface area (Å²) in [6.45, 7) is 6.15. The number of nitrogens with zero attached hydrogens (tertiary/aromatic N) is 3. The molecule has 1 unspecified atom stereocenters. The minimum Gasteiger partial charge on any atom is -0.465 e. The van der Waals surface area contributed by atoms with Gasteiger partial charge in [-0.3, -0.25) is 0 Å². The van der Waals surface area contributed by atoms with Crippen molar-refractivity contribution in [2.75, 3.05) is 6.61 Å². The average molecular weight is 252 g/mol. The average Bonchev–Trinajstić information content (AvgIpc) is 3.08. The van der Waals surface area contributed by atoms with Crippen LogP contribution >= 0.6 is 0 Å². The molecule has 1 aromatic rings. The first-order valence-electron chi connectivity index (χ1n) is 6.31. The normalized spacial score (nSPS) is 18.4. The Morgan fingerprint density at radius 2 is 2.22 bits per heavy atom. The molecule has 6 heteroatoms. The lowest BCUT2D eigenvalue weighted by Crippen LogP contribution is -2.54. The van der Waals surface area contributed by atoms with Crippen LogP contribution in [0.2, 0.25) is 0 Å². The first-order chi connectivity index (χ1) is 8.47. The van der Waals surface area contributed by atoms with Crippen LogP contribution in [0.3, 0.4) is 0 Å². The van der Waals surface area contributed by atoms with Crippen molar-refractivity contribution in [3.05, 3.63) is 11.6 Å². The molecule has 0 saturated heterocycles. The standard InChI is InChI=1S/C12H20N4O2/c1-4-18-11(17)12(13,10-5-6-10)7-16-9(3)14-8(2)15-16/h10H,4-7,13H2,1-3H3. The monoisotopic (exact) mass is 252 g/mol. The van der Waals surface area contributed by atoms with Crippen molar-refractivity contribution in [1.82, 2.24) is 14.8 Å². The summed E-state index contributed by atoms with van der Waals surface area (Å²) < 4.78 is 6.80. The van der Waals surface area contributed by atoms with Gasteiger partial charge in [0, 0.05) is 0 Å². The van der Waals surface area contributed by atoms with E-state index in [0.29, 0.717) is 19.0 Å². The van der Waals surface area contributed by atoms with Gasteiger partial charge < -0.3 is 10.5 Å². The molecule has 100 valence electrons. The quantitative estimate of drug-likeness (QED) is 0.774. The lowest BCUT2D eigenvalue weighted by Gasteiger charge is -2.27. The zero-order valence-corrected chi connectivity index (χ0v) is 11.1. The maximum Gasteiger partial charge on any atom is 0.328 e. The molecule has 0 radical (unpaired) electrons. The molecule has 1 aliphatic carbocycles. The molecule has 0 aliphatic heterocycles. The lowest BCUT2D eigenvalue weighted by molar-refractivity contribution is -0.151. The molecule has 0 amide bonds. The van der Waals surface area contributed by atoms with E-state index < -0.39 is 5.54 Å². The van der Waals surface area contributed by atoms with Crippen LogP contribution in [0.5, 0.6) is 0 Å². The summed E-state index contributed by atoms with van der Waals surface area (Å²) in [5.74, 6) is 1.32. The van der Waals surface area contributed by atoms with Gasteiger partial charge in [-0.15, -0.1) is 0 Å². The number of hydrogen-bond donors (Lipinski definition) is 1. The molecule has 1 atom stereocenters. The third-order valence-electron chi connectivity index (χ3n) is 3.34. The van der Waals surface area contributed by atoms with Crippen molar-refractivity contribution >= 4 is 5.97 Å². The molecule has 1 aliphatic rings. The minimum atomic E-state index is -0.971. The van der Waals surface area contributed by atoms with E-state index in [1.165, 1.54) is 0 Å². The zero-order valence-electron chi connectivity index (χ0n) is 11.1. The topological polar surface area (TPSA) is 83.0 Å². The molecule has 2 rings (SSSR count). The predicted octanol–water partition coefficient (Wildman–Crippen LogP) is 0.566. The number of ether oxygens (including phenoxy) is 1. The number of rotatable bonds is 5. The highest BCUT2D eigenvalue weighted by Gasteiger charge is 2.49. The third-order valence-corrected chi connectivity index (χ3v) is 3.34. The molecule has 0 bridgehead atoms. The fourth-order valence-corrected chi connectivity index (χ4v) is 2.18. The van der Waals surface area contributed by atoms with Gasteiger partial charge in [-0.25, -0.2) is 14.5 Å². The third kappa shape index (κ3) is 2.38. The van der Waals surface area contributed by atoms with Gasteiger partial charge in [0.05, 0.1) is 13.2 Å². The maximum absolute atomic E-state index is 12.1. The first-order valence-corrected chi connectivity index (χ1v) is 6.31. The highest BCUT2D eigenvalue weighted by atomic mass is 16.5. The molecule has 18 heavy (non-hydrogen) atoms. The number of aryl methyl sites for hydroxylation is 2. The fraction of sp³-hybridized carbons (Fsp3) is 0.750. The molecular formula is C12H20N4O2. The molecule has 1 aromatic heterocycles. The van der Waals surface area contributed by atoms with E-state index in [1.807, 2.05) is 13.8 Å². The maximum atomic E-state index is 12.1. The number of carbonyl (C=O) groups is 1. The van der Waals surface area contributed by atoms with Crippen LogP contribution < -0.4 is 5.73 Å². The number of aromatic nitrogens is 3. The largest absolute Gasteiger partial charge is 0.465 e. The second kappa shape index (κ2) is 4.68. The van der Waals surface area contributed by atoms with Gasteiger partial charge >= 0.3 is 5.97 Å². The number of hydrogen-bond acceptors (Lipinski definition) is 5. The van der Waals surface area contributed by atoms with Crippen LogP contribution in [0, 0.1) is 19.8 Å². The predicted molar refractivity (Wildman–Crippen MR) is 65.8 cm³/mol. The first kappa shape index (κ1) is 13.0. The SMILES string of the molecule is CCOC(=O)C(N)(Cn1nc(C)nc1C)C1CC1. The van der Waals surface area contributed by atoms with E-state index in [2.05, 4.69) is 10.1 Å². The lowest BCUT2D eigenvalue weighted by atomic mass is 9.94. The van der Waals surface area contributed by atoms with Crippen molar-refractivity contribution in [3.63, 3.8) is 0 Å². The summed E-state index contributed by atoms with van der Waals surface area (Å²) in [5, 5.41) is 4.27. The van der Waals surface area contributed by atoms with Gasteiger partial charge in [0.1, 0.15) is 17.2 Å². The molecule has 2 N–H and O–H groups in total. The Labute approximate surface area is 107 Å². The smallest absolute Gasteiger partial charge is 0.328 e. The van der Waals surface area contributed by atoms with Crippen LogP contribution in [0.25, 0.3) is 0 Å². The second-order valence-corrected chi connectivity index (χ2v) is 4.90. The molecular weight excluding hydrogens is 232 g/mol. The van der Waals surface area contributed by atoms with Gasteiger partial charge in [-0.1, -0.05) is 0 Å². The van der Waals surface area contributed by atoms with Gasteiger partial charge in [0.25, 0.3) is 0 Å². The Morgan fingerprint density at radius 3 is 2.67 bits per heavy atom. The van der Waals surface area contributed by atoms with Crippen LogP contribution in [0.4, 0.5) is 0 Å². The summed E-state index contributed by atoms with van der Waals surface area (Å²) >= 11 is 0. The Kier molecular flexibility index (Phi) is 3.38. The van der Waals surface area contributed by atoms with Crippen molar-refractivity contribution in [2.24, 2.45) is 11.7 Å². The van der Waals surface area contributed by atoms with E-state index in [1.54, 1.807) is 11.6 Å². The molecule has 0 spiro atoms. The van der Waals surface area contributed by atoms with Crippen molar-refractivity contribution in [3.8, 4) is 0 Å². The van der Waals surface area contributed by atoms with E-state index in [9.17, 15) is 4.79 Å². The number of esters is 1. The van der Waals surface area contributed by atoms with Gasteiger partial charge in [-0.05, 0) is 39.5 Å². The Morgan fingerprint density at radius 1 is 1.56 bits per heavy atom. The van der Waals surface area contributed by atoms with E-state index in [4.69, 9.17) is 10.5 Å². The minimum absolute atomic E-state index is 0.195. The number of nitrogens with two attached hydrogens (primary N) is 1. The summed E-state index contributed by atoms with van der Waals surface area (Å²) in [6, 6.07) is 0. The van der Waals surface area contributed by atoms with Crippen molar-refractivity contribution in [1.29, 1.82) is 0 Å². The highest BCUT2D eigenvalue weighted by molar-refractivity contribution is 5.81. The summed E-state index contributed by atoms with van der Waals surface area (Å²) in [5.41, 5.74) is 5.31. The fourth-order valence-electron chi connectivity index (χ4n) is 2.18. The molecule has 6 nitrogen and oxygen atoms in total. The second-order valence-electron chi connectivity index (χ2n) is 4.90. The van der Waals surface area contributed by atoms with E-state index in [-0.39, 0.29) is 11.9 Å². The highest BCUT2D eigenvalue weighted by Crippen LogP contribution is 2.40. The van der Waals surface area contributed by atoms with E-state index in [0.717, 1.165) is 18.7 Å². The Hall–Kier alpha value is -1.43. The number of carbonyl (C=O) groups excluding carboxylic acids is 1. The van der Waals surface area contributed by atoms with Crippen LogP contribution in [0.15, 0.2) is 0 Å². The van der Waals surface area contributed by atoms with Crippen molar-refractivity contribution in [2.45, 2.75) is 45.7 Å². The molecule has 1 saturated carbocycles. The van der Waals surface area contributed by atoms with Gasteiger partial charge in [-0.2, -0.15) is 5.10 Å². The Balaban J connectivity index is 2.20. The molecule has 1 fully saturated rings. The van der Waals surface area contributed by atoms with E-state index >= 15 is 0 Å². The Bertz CT molecular complexity index is 453.